The molecule has 4 rings (SSSR count). The Bertz CT molecular complexity index is 1030. The van der Waals surface area contributed by atoms with Crippen molar-refractivity contribution in [3.63, 3.8) is 0 Å². The number of nitrogens with one attached hydrogen (secondary N) is 1. The second-order valence-electron chi connectivity index (χ2n) is 6.52. The molecule has 0 spiro atoms. The highest BCUT2D eigenvalue weighted by Gasteiger charge is 2.24. The van der Waals surface area contributed by atoms with Crippen LogP contribution in [0.1, 0.15) is 17.5 Å². The van der Waals surface area contributed by atoms with Gasteiger partial charge in [-0.15, -0.1) is 0 Å². The molecule has 1 fully saturated rings. The summed E-state index contributed by atoms with van der Waals surface area (Å²) in [6.07, 6.45) is 5.89. The van der Waals surface area contributed by atoms with E-state index in [1.54, 1.807) is 23.1 Å². The van der Waals surface area contributed by atoms with Crippen LogP contribution < -0.4 is 15.0 Å². The van der Waals surface area contributed by atoms with Gasteiger partial charge in [0, 0.05) is 12.6 Å². The SMILES string of the molecule is O=C1NC(=S)S/C1=C\c1ccc2c(c1)N(C(=O)/C=C/c1ccccc1)CCCO2. The molecule has 0 saturated carbocycles. The van der Waals surface area contributed by atoms with Crippen molar-refractivity contribution in [2.24, 2.45) is 0 Å². The molecular formula is C22H18N2O3S2. The lowest BCUT2D eigenvalue weighted by molar-refractivity contribution is -0.115. The van der Waals surface area contributed by atoms with Gasteiger partial charge in [-0.25, -0.2) is 0 Å². The number of anilines is 1. The van der Waals surface area contributed by atoms with Gasteiger partial charge in [0.25, 0.3) is 11.8 Å². The molecule has 7 heteroatoms. The molecule has 2 aromatic carbocycles. The molecule has 1 N–H and O–H groups in total. The van der Waals surface area contributed by atoms with Crippen molar-refractivity contribution < 1.29 is 14.3 Å². The molecule has 0 radical (unpaired) electrons. The summed E-state index contributed by atoms with van der Waals surface area (Å²) in [5, 5.41) is 2.61. The minimum absolute atomic E-state index is 0.112. The fraction of sp³-hybridized carbons (Fsp3) is 0.136. The minimum atomic E-state index is -0.204. The van der Waals surface area contributed by atoms with E-state index in [9.17, 15) is 9.59 Å². The summed E-state index contributed by atoms with van der Waals surface area (Å²) in [6, 6.07) is 15.3. The Balaban J connectivity index is 1.63. The van der Waals surface area contributed by atoms with E-state index < -0.39 is 0 Å². The Kier molecular flexibility index (Phi) is 5.78. The van der Waals surface area contributed by atoms with Crippen LogP contribution in [0, 0.1) is 0 Å². The van der Waals surface area contributed by atoms with Gasteiger partial charge in [0.2, 0.25) is 0 Å². The lowest BCUT2D eigenvalue weighted by atomic mass is 10.1. The van der Waals surface area contributed by atoms with Crippen molar-refractivity contribution in [3.05, 3.63) is 70.6 Å². The second-order valence-corrected chi connectivity index (χ2v) is 8.23. The maximum Gasteiger partial charge on any atom is 0.263 e. The van der Waals surface area contributed by atoms with E-state index >= 15 is 0 Å². The van der Waals surface area contributed by atoms with E-state index in [1.807, 2.05) is 48.5 Å². The Morgan fingerprint density at radius 2 is 2.00 bits per heavy atom. The van der Waals surface area contributed by atoms with Gasteiger partial charge in [-0.1, -0.05) is 60.4 Å². The number of fused-ring (bicyclic) bond motifs is 1. The van der Waals surface area contributed by atoms with Gasteiger partial charge < -0.3 is 15.0 Å². The van der Waals surface area contributed by atoms with Crippen LogP contribution in [0.5, 0.6) is 5.75 Å². The topological polar surface area (TPSA) is 58.6 Å². The van der Waals surface area contributed by atoms with Gasteiger partial charge in [-0.2, -0.15) is 0 Å². The van der Waals surface area contributed by atoms with Gasteiger partial charge in [0.05, 0.1) is 17.2 Å². The molecular weight excluding hydrogens is 404 g/mol. The number of nitrogens with zero attached hydrogens (tertiary/aromatic N) is 1. The monoisotopic (exact) mass is 422 g/mol. The van der Waals surface area contributed by atoms with E-state index in [0.29, 0.717) is 33.8 Å². The number of benzene rings is 2. The van der Waals surface area contributed by atoms with Crippen molar-refractivity contribution >= 4 is 58.0 Å². The summed E-state index contributed by atoms with van der Waals surface area (Å²) in [7, 11) is 0. The van der Waals surface area contributed by atoms with Gasteiger partial charge >= 0.3 is 0 Å². The zero-order valence-electron chi connectivity index (χ0n) is 15.5. The molecule has 0 unspecified atom stereocenters. The molecule has 5 nitrogen and oxygen atoms in total. The number of hydrogen-bond acceptors (Lipinski definition) is 5. The van der Waals surface area contributed by atoms with Crippen LogP contribution in [0.4, 0.5) is 5.69 Å². The second kappa shape index (κ2) is 8.63. The lowest BCUT2D eigenvalue weighted by Gasteiger charge is -2.20. The molecule has 2 aromatic rings. The average molecular weight is 423 g/mol. The molecule has 2 amide bonds. The molecule has 0 bridgehead atoms. The summed E-state index contributed by atoms with van der Waals surface area (Å²) in [6.45, 7) is 1.11. The average Bonchev–Trinajstić information content (AvgIpc) is 2.91. The molecule has 0 aliphatic carbocycles. The Labute approximate surface area is 178 Å². The maximum atomic E-state index is 12.9. The number of thioether (sulfide) groups is 1. The van der Waals surface area contributed by atoms with Crippen molar-refractivity contribution in [1.29, 1.82) is 0 Å². The predicted molar refractivity (Wildman–Crippen MR) is 121 cm³/mol. The quantitative estimate of drug-likeness (QED) is 0.598. The number of hydrogen-bond donors (Lipinski definition) is 1. The maximum absolute atomic E-state index is 12.9. The number of carbonyl (C=O) groups excluding carboxylic acids is 2. The smallest absolute Gasteiger partial charge is 0.263 e. The largest absolute Gasteiger partial charge is 0.491 e. The third kappa shape index (κ3) is 4.58. The fourth-order valence-corrected chi connectivity index (χ4v) is 4.15. The first-order valence-corrected chi connectivity index (χ1v) is 10.4. The molecule has 0 atom stereocenters. The summed E-state index contributed by atoms with van der Waals surface area (Å²) in [4.78, 5) is 27.1. The fourth-order valence-electron chi connectivity index (χ4n) is 3.11. The van der Waals surface area contributed by atoms with Crippen LogP contribution in [0.2, 0.25) is 0 Å². The minimum Gasteiger partial charge on any atom is -0.491 e. The summed E-state index contributed by atoms with van der Waals surface area (Å²) < 4.78 is 6.26. The molecule has 1 saturated heterocycles. The number of amides is 2. The highest BCUT2D eigenvalue weighted by molar-refractivity contribution is 8.26. The van der Waals surface area contributed by atoms with Crippen molar-refractivity contribution in [1.82, 2.24) is 5.32 Å². The summed E-state index contributed by atoms with van der Waals surface area (Å²) >= 11 is 6.27. The zero-order chi connectivity index (χ0) is 20.2. The summed E-state index contributed by atoms with van der Waals surface area (Å²) in [5.74, 6) is 0.342. The van der Waals surface area contributed by atoms with E-state index in [1.165, 1.54) is 11.8 Å². The number of ether oxygens (including phenoxy) is 1. The van der Waals surface area contributed by atoms with Crippen LogP contribution in [-0.2, 0) is 9.59 Å². The van der Waals surface area contributed by atoms with E-state index in [-0.39, 0.29) is 11.8 Å². The summed E-state index contributed by atoms with van der Waals surface area (Å²) in [5.41, 5.74) is 2.47. The van der Waals surface area contributed by atoms with Crippen LogP contribution in [0.3, 0.4) is 0 Å². The molecule has 146 valence electrons. The zero-order valence-corrected chi connectivity index (χ0v) is 17.1. The third-order valence-corrected chi connectivity index (χ3v) is 5.64. The lowest BCUT2D eigenvalue weighted by Crippen LogP contribution is -2.29. The van der Waals surface area contributed by atoms with Gasteiger partial charge in [0.1, 0.15) is 10.1 Å². The molecule has 29 heavy (non-hydrogen) atoms. The molecule has 2 heterocycles. The standard InChI is InChI=1S/C22H18N2O3S2/c25-20(10-8-15-5-2-1-3-6-15)24-11-4-12-27-18-9-7-16(13-17(18)24)14-19-21(26)23-22(28)29-19/h1-3,5-10,13-14H,4,11-12H2,(H,23,26,28)/b10-8+,19-14-. The first-order valence-electron chi connectivity index (χ1n) is 9.16. The Morgan fingerprint density at radius 3 is 2.76 bits per heavy atom. The van der Waals surface area contributed by atoms with Crippen molar-refractivity contribution in [2.75, 3.05) is 18.1 Å². The Morgan fingerprint density at radius 1 is 1.17 bits per heavy atom. The first kappa shape index (κ1) is 19.4. The first-order chi connectivity index (χ1) is 14.1. The van der Waals surface area contributed by atoms with Crippen molar-refractivity contribution in [3.8, 4) is 5.75 Å². The molecule has 2 aliphatic heterocycles. The van der Waals surface area contributed by atoms with Gasteiger partial charge in [-0.3, -0.25) is 9.59 Å². The highest BCUT2D eigenvalue weighted by atomic mass is 32.2. The van der Waals surface area contributed by atoms with Gasteiger partial charge in [-0.05, 0) is 41.8 Å². The van der Waals surface area contributed by atoms with Crippen molar-refractivity contribution in [2.45, 2.75) is 6.42 Å². The van der Waals surface area contributed by atoms with Crippen LogP contribution >= 0.6 is 24.0 Å². The number of rotatable bonds is 3. The predicted octanol–water partition coefficient (Wildman–Crippen LogP) is 4.00. The molecule has 0 aromatic heterocycles. The van der Waals surface area contributed by atoms with E-state index in [2.05, 4.69) is 5.32 Å². The highest BCUT2D eigenvalue weighted by Crippen LogP contribution is 2.34. The van der Waals surface area contributed by atoms with Gasteiger partial charge in [0.15, 0.2) is 0 Å². The third-order valence-electron chi connectivity index (χ3n) is 4.48. The normalized spacial score (nSPS) is 17.8. The van der Waals surface area contributed by atoms with E-state index in [0.717, 1.165) is 17.5 Å². The number of thiocarbonyl (C=S) groups is 1. The van der Waals surface area contributed by atoms with Crippen LogP contribution in [-0.4, -0.2) is 29.3 Å². The van der Waals surface area contributed by atoms with Crippen LogP contribution in [0.25, 0.3) is 12.2 Å². The van der Waals surface area contributed by atoms with E-state index in [4.69, 9.17) is 17.0 Å². The molecule has 2 aliphatic rings. The number of carbonyl (C=O) groups is 2. The Hall–Kier alpha value is -2.90. The van der Waals surface area contributed by atoms with Crippen LogP contribution in [0.15, 0.2) is 59.5 Å².